The van der Waals surface area contributed by atoms with Crippen LogP contribution in [0.3, 0.4) is 0 Å². The molecule has 5 heteroatoms. The number of amides is 1. The van der Waals surface area contributed by atoms with Gasteiger partial charge in [0.2, 0.25) is 0 Å². The Balaban J connectivity index is 2.11. The maximum atomic E-state index is 13.4. The molecule has 20 heavy (non-hydrogen) atoms. The molecular weight excluding hydrogens is 267 g/mol. The Labute approximate surface area is 114 Å². The zero-order valence-corrected chi connectivity index (χ0v) is 10.7. The standard InChI is InChI=1S/C15H12F3NO/c1-9-7-10(5-6-11(9)16)8-19-15(20)14-12(17)3-2-4-13(14)18/h2-7H,8H2,1H3,(H,19,20). The smallest absolute Gasteiger partial charge is 0.257 e. The van der Waals surface area contributed by atoms with Gasteiger partial charge in [0.15, 0.2) is 0 Å². The number of halogens is 3. The molecule has 2 aromatic rings. The van der Waals surface area contributed by atoms with Crippen LogP contribution in [-0.2, 0) is 6.54 Å². The summed E-state index contributed by atoms with van der Waals surface area (Å²) in [6, 6.07) is 7.55. The first kappa shape index (κ1) is 14.1. The Morgan fingerprint density at radius 1 is 1.05 bits per heavy atom. The second-order valence-corrected chi connectivity index (χ2v) is 4.36. The third kappa shape index (κ3) is 2.99. The van der Waals surface area contributed by atoms with Crippen molar-refractivity contribution in [3.63, 3.8) is 0 Å². The van der Waals surface area contributed by atoms with Gasteiger partial charge in [-0.15, -0.1) is 0 Å². The van der Waals surface area contributed by atoms with Crippen molar-refractivity contribution in [1.29, 1.82) is 0 Å². The molecule has 0 aliphatic heterocycles. The van der Waals surface area contributed by atoms with E-state index in [1.807, 2.05) is 0 Å². The highest BCUT2D eigenvalue weighted by Gasteiger charge is 2.16. The van der Waals surface area contributed by atoms with Crippen LogP contribution in [0.4, 0.5) is 13.2 Å². The van der Waals surface area contributed by atoms with Crippen molar-refractivity contribution in [2.75, 3.05) is 0 Å². The molecule has 104 valence electrons. The van der Waals surface area contributed by atoms with Crippen LogP contribution in [0, 0.1) is 24.4 Å². The summed E-state index contributed by atoms with van der Waals surface area (Å²) in [4.78, 5) is 11.7. The lowest BCUT2D eigenvalue weighted by Gasteiger charge is -2.08. The maximum Gasteiger partial charge on any atom is 0.257 e. The molecule has 0 aliphatic rings. The van der Waals surface area contributed by atoms with Gasteiger partial charge in [0, 0.05) is 6.54 Å². The zero-order valence-electron chi connectivity index (χ0n) is 10.7. The van der Waals surface area contributed by atoms with Gasteiger partial charge in [0.05, 0.1) is 0 Å². The number of rotatable bonds is 3. The summed E-state index contributed by atoms with van der Waals surface area (Å²) in [5.41, 5.74) is 0.467. The predicted molar refractivity (Wildman–Crippen MR) is 68.7 cm³/mol. The van der Waals surface area contributed by atoms with E-state index in [-0.39, 0.29) is 12.4 Å². The molecule has 1 N–H and O–H groups in total. The Bertz CT molecular complexity index is 635. The van der Waals surface area contributed by atoms with Gasteiger partial charge in [0.1, 0.15) is 23.0 Å². The highest BCUT2D eigenvalue weighted by molar-refractivity contribution is 5.94. The summed E-state index contributed by atoms with van der Waals surface area (Å²) >= 11 is 0. The quantitative estimate of drug-likeness (QED) is 0.917. The normalized spacial score (nSPS) is 10.4. The molecule has 0 saturated carbocycles. The van der Waals surface area contributed by atoms with Crippen LogP contribution in [-0.4, -0.2) is 5.91 Å². The van der Waals surface area contributed by atoms with E-state index in [4.69, 9.17) is 0 Å². The van der Waals surface area contributed by atoms with Gasteiger partial charge in [-0.3, -0.25) is 4.79 Å². The SMILES string of the molecule is Cc1cc(CNC(=O)c2c(F)cccc2F)ccc1F. The van der Waals surface area contributed by atoms with Crippen LogP contribution in [0.15, 0.2) is 36.4 Å². The fourth-order valence-electron chi connectivity index (χ4n) is 1.80. The summed E-state index contributed by atoms with van der Waals surface area (Å²) in [6.45, 7) is 1.66. The first-order chi connectivity index (χ1) is 9.49. The first-order valence-corrected chi connectivity index (χ1v) is 5.96. The highest BCUT2D eigenvalue weighted by atomic mass is 19.1. The minimum absolute atomic E-state index is 0.0632. The summed E-state index contributed by atoms with van der Waals surface area (Å²) in [6.07, 6.45) is 0. The Hall–Kier alpha value is -2.30. The molecule has 0 saturated heterocycles. The van der Waals surface area contributed by atoms with E-state index in [0.29, 0.717) is 11.1 Å². The summed E-state index contributed by atoms with van der Waals surface area (Å²) in [7, 11) is 0. The van der Waals surface area contributed by atoms with E-state index in [2.05, 4.69) is 5.32 Å². The van der Waals surface area contributed by atoms with E-state index in [1.54, 1.807) is 13.0 Å². The maximum absolute atomic E-state index is 13.4. The van der Waals surface area contributed by atoms with Crippen molar-refractivity contribution in [3.05, 3.63) is 70.5 Å². The van der Waals surface area contributed by atoms with Crippen LogP contribution in [0.2, 0.25) is 0 Å². The molecule has 0 atom stereocenters. The van der Waals surface area contributed by atoms with E-state index >= 15 is 0 Å². The molecule has 2 aromatic carbocycles. The van der Waals surface area contributed by atoms with Crippen molar-refractivity contribution in [2.45, 2.75) is 13.5 Å². The molecule has 0 bridgehead atoms. The molecule has 0 radical (unpaired) electrons. The molecule has 0 spiro atoms. The second-order valence-electron chi connectivity index (χ2n) is 4.36. The van der Waals surface area contributed by atoms with Gasteiger partial charge >= 0.3 is 0 Å². The number of hydrogen-bond acceptors (Lipinski definition) is 1. The number of carbonyl (C=O) groups is 1. The molecule has 0 fully saturated rings. The van der Waals surface area contributed by atoms with Gasteiger partial charge in [-0.1, -0.05) is 18.2 Å². The van der Waals surface area contributed by atoms with Gasteiger partial charge in [-0.25, -0.2) is 13.2 Å². The largest absolute Gasteiger partial charge is 0.348 e. The summed E-state index contributed by atoms with van der Waals surface area (Å²) in [5, 5.41) is 2.40. The average molecular weight is 279 g/mol. The monoisotopic (exact) mass is 279 g/mol. The Morgan fingerprint density at radius 2 is 1.70 bits per heavy atom. The van der Waals surface area contributed by atoms with E-state index in [9.17, 15) is 18.0 Å². The lowest BCUT2D eigenvalue weighted by molar-refractivity contribution is 0.0942. The molecule has 2 rings (SSSR count). The number of benzene rings is 2. The zero-order chi connectivity index (χ0) is 14.7. The number of aryl methyl sites for hydroxylation is 1. The molecule has 0 heterocycles. The van der Waals surface area contributed by atoms with Crippen LogP contribution in [0.25, 0.3) is 0 Å². The lowest BCUT2D eigenvalue weighted by Crippen LogP contribution is -2.25. The molecule has 0 unspecified atom stereocenters. The second kappa shape index (κ2) is 5.77. The first-order valence-electron chi connectivity index (χ1n) is 5.96. The lowest BCUT2D eigenvalue weighted by atomic mass is 10.1. The average Bonchev–Trinajstić information content (AvgIpc) is 2.40. The predicted octanol–water partition coefficient (Wildman–Crippen LogP) is 3.34. The van der Waals surface area contributed by atoms with Crippen molar-refractivity contribution < 1.29 is 18.0 Å². The number of nitrogens with one attached hydrogen (secondary N) is 1. The molecular formula is C15H12F3NO. The third-order valence-electron chi connectivity index (χ3n) is 2.87. The van der Waals surface area contributed by atoms with E-state index in [1.165, 1.54) is 18.2 Å². The van der Waals surface area contributed by atoms with Gasteiger partial charge in [-0.2, -0.15) is 0 Å². The van der Waals surface area contributed by atoms with Gasteiger partial charge < -0.3 is 5.32 Å². The fraction of sp³-hybridized carbons (Fsp3) is 0.133. The van der Waals surface area contributed by atoms with E-state index < -0.39 is 23.1 Å². The van der Waals surface area contributed by atoms with Crippen molar-refractivity contribution in [2.24, 2.45) is 0 Å². The minimum atomic E-state index is -0.919. The Morgan fingerprint density at radius 3 is 2.30 bits per heavy atom. The van der Waals surface area contributed by atoms with Gasteiger partial charge in [-0.05, 0) is 36.2 Å². The topological polar surface area (TPSA) is 29.1 Å². The minimum Gasteiger partial charge on any atom is -0.348 e. The van der Waals surface area contributed by atoms with Crippen LogP contribution >= 0.6 is 0 Å². The number of carbonyl (C=O) groups excluding carboxylic acids is 1. The van der Waals surface area contributed by atoms with Crippen LogP contribution in [0.5, 0.6) is 0 Å². The third-order valence-corrected chi connectivity index (χ3v) is 2.87. The van der Waals surface area contributed by atoms with Gasteiger partial charge in [0.25, 0.3) is 5.91 Å². The Kier molecular flexibility index (Phi) is 4.08. The van der Waals surface area contributed by atoms with Crippen molar-refractivity contribution in [3.8, 4) is 0 Å². The summed E-state index contributed by atoms with van der Waals surface area (Å²) < 4.78 is 39.9. The molecule has 0 aromatic heterocycles. The molecule has 2 nitrogen and oxygen atoms in total. The fourth-order valence-corrected chi connectivity index (χ4v) is 1.80. The number of hydrogen-bond donors (Lipinski definition) is 1. The highest BCUT2D eigenvalue weighted by Crippen LogP contribution is 2.13. The molecule has 1 amide bonds. The van der Waals surface area contributed by atoms with E-state index in [0.717, 1.165) is 12.1 Å². The molecule has 0 aliphatic carbocycles. The van der Waals surface area contributed by atoms with Crippen LogP contribution in [0.1, 0.15) is 21.5 Å². The van der Waals surface area contributed by atoms with Crippen molar-refractivity contribution in [1.82, 2.24) is 5.32 Å². The summed E-state index contributed by atoms with van der Waals surface area (Å²) in [5.74, 6) is -3.03. The van der Waals surface area contributed by atoms with Crippen LogP contribution < -0.4 is 5.32 Å². The van der Waals surface area contributed by atoms with Crippen molar-refractivity contribution >= 4 is 5.91 Å².